The van der Waals surface area contributed by atoms with Crippen LogP contribution >= 0.6 is 0 Å². The highest BCUT2D eigenvalue weighted by Crippen LogP contribution is 2.28. The van der Waals surface area contributed by atoms with E-state index in [4.69, 9.17) is 9.47 Å². The van der Waals surface area contributed by atoms with Gasteiger partial charge in [-0.05, 0) is 65.2 Å². The molecule has 2 saturated carbocycles. The van der Waals surface area contributed by atoms with Gasteiger partial charge in [0, 0.05) is 25.2 Å². The smallest absolute Gasteiger partial charge is 0.407 e. The van der Waals surface area contributed by atoms with Crippen LogP contribution in [-0.4, -0.2) is 43.5 Å². The van der Waals surface area contributed by atoms with Crippen LogP contribution in [0.5, 0.6) is 0 Å². The van der Waals surface area contributed by atoms with E-state index in [2.05, 4.69) is 10.6 Å². The first-order chi connectivity index (χ1) is 10.4. The molecule has 0 spiro atoms. The Balaban J connectivity index is 1.50. The lowest BCUT2D eigenvalue weighted by atomic mass is 9.91. The average Bonchev–Trinajstić information content (AvgIpc) is 3.22. The zero-order chi connectivity index (χ0) is 16.0. The number of nitrogens with one attached hydrogen (secondary N) is 2. The van der Waals surface area contributed by atoms with Crippen molar-refractivity contribution in [3.63, 3.8) is 0 Å². The van der Waals surface area contributed by atoms with Gasteiger partial charge in [-0.25, -0.2) is 4.79 Å². The Labute approximate surface area is 134 Å². The zero-order valence-corrected chi connectivity index (χ0v) is 14.3. The summed E-state index contributed by atoms with van der Waals surface area (Å²) in [6.07, 6.45) is 6.63. The maximum Gasteiger partial charge on any atom is 0.407 e. The summed E-state index contributed by atoms with van der Waals surface area (Å²) in [5, 5.41) is 6.54. The second-order valence-corrected chi connectivity index (χ2v) is 7.67. The minimum absolute atomic E-state index is 0.249. The van der Waals surface area contributed by atoms with Gasteiger partial charge in [-0.15, -0.1) is 0 Å². The molecule has 2 rings (SSSR count). The molecular formula is C17H32N2O3. The molecule has 5 heteroatoms. The van der Waals surface area contributed by atoms with Crippen LogP contribution in [-0.2, 0) is 9.47 Å². The number of hydrogen-bond acceptors (Lipinski definition) is 4. The molecule has 2 aliphatic rings. The topological polar surface area (TPSA) is 59.6 Å². The Morgan fingerprint density at radius 2 is 1.68 bits per heavy atom. The fraction of sp³-hybridized carbons (Fsp3) is 0.941. The third-order valence-electron chi connectivity index (χ3n) is 4.18. The fourth-order valence-electron chi connectivity index (χ4n) is 2.79. The molecule has 0 radical (unpaired) electrons. The number of amides is 1. The van der Waals surface area contributed by atoms with E-state index < -0.39 is 5.60 Å². The highest BCUT2D eigenvalue weighted by molar-refractivity contribution is 5.68. The van der Waals surface area contributed by atoms with E-state index in [-0.39, 0.29) is 12.1 Å². The molecule has 0 bridgehead atoms. The summed E-state index contributed by atoms with van der Waals surface area (Å²) in [4.78, 5) is 11.7. The highest BCUT2D eigenvalue weighted by Gasteiger charge is 2.24. The van der Waals surface area contributed by atoms with Gasteiger partial charge in [-0.2, -0.15) is 0 Å². The van der Waals surface area contributed by atoms with E-state index in [0.29, 0.717) is 6.04 Å². The predicted octanol–water partition coefficient (Wildman–Crippen LogP) is 2.84. The Hall–Kier alpha value is -0.810. The van der Waals surface area contributed by atoms with Crippen LogP contribution in [0.1, 0.15) is 59.3 Å². The maximum absolute atomic E-state index is 11.7. The third kappa shape index (κ3) is 7.45. The Bertz CT molecular complexity index is 342. The predicted molar refractivity (Wildman–Crippen MR) is 87.0 cm³/mol. The number of hydrogen-bond donors (Lipinski definition) is 2. The van der Waals surface area contributed by atoms with Crippen molar-refractivity contribution in [3.8, 4) is 0 Å². The molecule has 2 aliphatic carbocycles. The van der Waals surface area contributed by atoms with E-state index in [9.17, 15) is 4.79 Å². The van der Waals surface area contributed by atoms with Gasteiger partial charge in [0.15, 0.2) is 0 Å². The molecule has 0 atom stereocenters. The third-order valence-corrected chi connectivity index (χ3v) is 4.18. The molecule has 5 nitrogen and oxygen atoms in total. The second kappa shape index (κ2) is 8.16. The maximum atomic E-state index is 11.7. The van der Waals surface area contributed by atoms with Crippen molar-refractivity contribution in [1.29, 1.82) is 0 Å². The molecule has 22 heavy (non-hydrogen) atoms. The van der Waals surface area contributed by atoms with Crippen molar-refractivity contribution in [2.75, 3.05) is 19.8 Å². The minimum Gasteiger partial charge on any atom is -0.444 e. The first kappa shape index (κ1) is 17.5. The SMILES string of the molecule is CC(C)(C)OC(=O)NC1CCC(NCCOCC2CC2)CC1. The molecule has 1 amide bonds. The molecule has 0 aromatic carbocycles. The normalized spacial score (nSPS) is 25.8. The highest BCUT2D eigenvalue weighted by atomic mass is 16.6. The van der Waals surface area contributed by atoms with E-state index in [0.717, 1.165) is 51.4 Å². The molecule has 0 unspecified atom stereocenters. The lowest BCUT2D eigenvalue weighted by molar-refractivity contribution is 0.0489. The number of rotatable bonds is 7. The molecule has 128 valence electrons. The van der Waals surface area contributed by atoms with Gasteiger partial charge >= 0.3 is 6.09 Å². The molecule has 2 N–H and O–H groups in total. The van der Waals surface area contributed by atoms with Crippen LogP contribution in [0, 0.1) is 5.92 Å². The minimum atomic E-state index is -0.427. The molecule has 0 heterocycles. The van der Waals surface area contributed by atoms with Gasteiger partial charge in [-0.3, -0.25) is 0 Å². The van der Waals surface area contributed by atoms with Crippen LogP contribution in [0.3, 0.4) is 0 Å². The van der Waals surface area contributed by atoms with E-state index >= 15 is 0 Å². The zero-order valence-electron chi connectivity index (χ0n) is 14.3. The average molecular weight is 312 g/mol. The Kier molecular flexibility index (Phi) is 6.50. The second-order valence-electron chi connectivity index (χ2n) is 7.67. The summed E-state index contributed by atoms with van der Waals surface area (Å²) in [5.41, 5.74) is -0.427. The Morgan fingerprint density at radius 1 is 1.05 bits per heavy atom. The standard InChI is InChI=1S/C17H32N2O3/c1-17(2,3)22-16(20)19-15-8-6-14(7-9-15)18-10-11-21-12-13-4-5-13/h13-15,18H,4-12H2,1-3H3,(H,19,20). The van der Waals surface area contributed by atoms with Crippen molar-refractivity contribution >= 4 is 6.09 Å². The quantitative estimate of drug-likeness (QED) is 0.710. The van der Waals surface area contributed by atoms with Crippen LogP contribution in [0.15, 0.2) is 0 Å². The van der Waals surface area contributed by atoms with E-state index in [1.165, 1.54) is 12.8 Å². The largest absolute Gasteiger partial charge is 0.444 e. The molecule has 0 saturated heterocycles. The van der Waals surface area contributed by atoms with Gasteiger partial charge in [0.25, 0.3) is 0 Å². The monoisotopic (exact) mass is 312 g/mol. The van der Waals surface area contributed by atoms with Gasteiger partial charge in [0.05, 0.1) is 6.61 Å². The number of carbonyl (C=O) groups excluding carboxylic acids is 1. The summed E-state index contributed by atoms with van der Waals surface area (Å²) in [7, 11) is 0. The number of ether oxygens (including phenoxy) is 2. The number of alkyl carbamates (subject to hydrolysis) is 1. The van der Waals surface area contributed by atoms with Crippen LogP contribution in [0.25, 0.3) is 0 Å². The van der Waals surface area contributed by atoms with Gasteiger partial charge in [0.2, 0.25) is 0 Å². The molecule has 2 fully saturated rings. The van der Waals surface area contributed by atoms with Crippen molar-refractivity contribution in [2.45, 2.75) is 77.0 Å². The lowest BCUT2D eigenvalue weighted by Gasteiger charge is -2.30. The van der Waals surface area contributed by atoms with Crippen molar-refractivity contribution in [2.24, 2.45) is 5.92 Å². The molecule has 0 aliphatic heterocycles. The summed E-state index contributed by atoms with van der Waals surface area (Å²) in [6.45, 7) is 8.35. The fourth-order valence-corrected chi connectivity index (χ4v) is 2.79. The summed E-state index contributed by atoms with van der Waals surface area (Å²) in [5.74, 6) is 0.842. The van der Waals surface area contributed by atoms with Gasteiger partial charge in [-0.1, -0.05) is 0 Å². The first-order valence-electron chi connectivity index (χ1n) is 8.73. The summed E-state index contributed by atoms with van der Waals surface area (Å²) >= 11 is 0. The van der Waals surface area contributed by atoms with E-state index in [1.54, 1.807) is 0 Å². The summed E-state index contributed by atoms with van der Waals surface area (Å²) < 4.78 is 10.9. The van der Waals surface area contributed by atoms with Crippen LogP contribution in [0.2, 0.25) is 0 Å². The van der Waals surface area contributed by atoms with Crippen LogP contribution < -0.4 is 10.6 Å². The molecule has 0 aromatic rings. The van der Waals surface area contributed by atoms with Crippen LogP contribution in [0.4, 0.5) is 4.79 Å². The van der Waals surface area contributed by atoms with Gasteiger partial charge in [0.1, 0.15) is 5.60 Å². The lowest BCUT2D eigenvalue weighted by Crippen LogP contribution is -2.44. The molecule has 0 aromatic heterocycles. The summed E-state index contributed by atoms with van der Waals surface area (Å²) in [6, 6.07) is 0.806. The number of carbonyl (C=O) groups is 1. The first-order valence-corrected chi connectivity index (χ1v) is 8.73. The van der Waals surface area contributed by atoms with Gasteiger partial charge < -0.3 is 20.1 Å². The van der Waals surface area contributed by atoms with Crippen molar-refractivity contribution in [3.05, 3.63) is 0 Å². The molecular weight excluding hydrogens is 280 g/mol. The Morgan fingerprint density at radius 3 is 2.27 bits per heavy atom. The van der Waals surface area contributed by atoms with E-state index in [1.807, 2.05) is 20.8 Å². The van der Waals surface area contributed by atoms with Crippen molar-refractivity contribution in [1.82, 2.24) is 10.6 Å². The van der Waals surface area contributed by atoms with Crippen molar-refractivity contribution < 1.29 is 14.3 Å².